The molecule has 0 saturated carbocycles. The average molecular weight is 328 g/mol. The molecule has 0 aliphatic heterocycles. The van der Waals surface area contributed by atoms with Crippen LogP contribution in [-0.4, -0.2) is 24.3 Å². The first kappa shape index (κ1) is 16.4. The Morgan fingerprint density at radius 3 is 2.70 bits per heavy atom. The summed E-state index contributed by atoms with van der Waals surface area (Å²) in [5.74, 6) is 0. The predicted molar refractivity (Wildman–Crippen MR) is 95.2 cm³/mol. The highest BCUT2D eigenvalue weighted by molar-refractivity contribution is 7.85. The molecular weight excluding hydrogens is 304 g/mol. The van der Waals surface area contributed by atoms with E-state index in [1.807, 2.05) is 43.4 Å². The molecule has 3 nitrogen and oxygen atoms in total. The highest BCUT2D eigenvalue weighted by Crippen LogP contribution is 2.31. The van der Waals surface area contributed by atoms with Crippen molar-refractivity contribution in [3.63, 3.8) is 0 Å². The van der Waals surface area contributed by atoms with Gasteiger partial charge in [-0.15, -0.1) is 0 Å². The maximum Gasteiger partial charge on any atom is 0.0849 e. The summed E-state index contributed by atoms with van der Waals surface area (Å²) in [6.07, 6.45) is 3.45. The van der Waals surface area contributed by atoms with E-state index in [-0.39, 0.29) is 0 Å². The Morgan fingerprint density at radius 1 is 1.09 bits per heavy atom. The summed E-state index contributed by atoms with van der Waals surface area (Å²) in [6, 6.07) is 16.4. The van der Waals surface area contributed by atoms with E-state index in [0.29, 0.717) is 6.04 Å². The summed E-state index contributed by atoms with van der Waals surface area (Å²) in [5, 5.41) is 6.79. The van der Waals surface area contributed by atoms with Crippen LogP contribution in [0.3, 0.4) is 0 Å². The molecule has 2 unspecified atom stereocenters. The molecule has 0 bridgehead atoms. The Hall–Kier alpha value is -1.49. The number of nitrogens with one attached hydrogen (secondary N) is 2. The Labute approximate surface area is 141 Å². The van der Waals surface area contributed by atoms with E-state index < -0.39 is 10.8 Å². The van der Waals surface area contributed by atoms with Crippen molar-refractivity contribution >= 4 is 10.8 Å². The summed E-state index contributed by atoms with van der Waals surface area (Å²) >= 11 is 0. The normalized spacial score (nSPS) is 18.4. The average Bonchev–Trinajstić information content (AvgIpc) is 2.62. The molecule has 0 spiro atoms. The van der Waals surface area contributed by atoms with E-state index in [9.17, 15) is 4.21 Å². The molecule has 2 aromatic carbocycles. The lowest BCUT2D eigenvalue weighted by Crippen LogP contribution is -2.30. The summed E-state index contributed by atoms with van der Waals surface area (Å²) in [4.78, 5) is 1.78. The molecule has 3 rings (SSSR count). The highest BCUT2D eigenvalue weighted by Gasteiger charge is 2.20. The standard InChI is InChI=1S/C19H24N2OS/c1-20-12-13-21-19-9-5-6-15-14-17(10-11-18(15)19)23(22)16-7-3-2-4-8-16/h2-4,7-8,10-11,14,19-21H,5-6,9,12-13H2,1H3. The maximum absolute atomic E-state index is 12.7. The molecule has 23 heavy (non-hydrogen) atoms. The van der Waals surface area contributed by atoms with Crippen LogP contribution in [0.2, 0.25) is 0 Å². The van der Waals surface area contributed by atoms with Crippen LogP contribution in [0.4, 0.5) is 0 Å². The molecule has 0 saturated heterocycles. The first-order valence-corrected chi connectivity index (χ1v) is 9.42. The van der Waals surface area contributed by atoms with Crippen molar-refractivity contribution in [1.82, 2.24) is 10.6 Å². The molecule has 2 aromatic rings. The minimum Gasteiger partial charge on any atom is -0.318 e. The lowest BCUT2D eigenvalue weighted by molar-refractivity contribution is 0.458. The summed E-state index contributed by atoms with van der Waals surface area (Å²) in [7, 11) is 0.881. The summed E-state index contributed by atoms with van der Waals surface area (Å²) in [5.41, 5.74) is 2.72. The van der Waals surface area contributed by atoms with E-state index in [1.165, 1.54) is 24.0 Å². The fourth-order valence-corrected chi connectivity index (χ4v) is 4.29. The summed E-state index contributed by atoms with van der Waals surface area (Å²) < 4.78 is 12.7. The lowest BCUT2D eigenvalue weighted by atomic mass is 9.88. The quantitative estimate of drug-likeness (QED) is 0.801. The molecule has 1 aliphatic rings. The molecule has 2 N–H and O–H groups in total. The fourth-order valence-electron chi connectivity index (χ4n) is 3.17. The first-order valence-electron chi connectivity index (χ1n) is 8.27. The topological polar surface area (TPSA) is 41.1 Å². The number of benzene rings is 2. The van der Waals surface area contributed by atoms with Crippen molar-refractivity contribution in [2.45, 2.75) is 35.1 Å². The zero-order chi connectivity index (χ0) is 16.1. The van der Waals surface area contributed by atoms with Gasteiger partial charge in [-0.2, -0.15) is 0 Å². The number of hydrogen-bond acceptors (Lipinski definition) is 3. The maximum atomic E-state index is 12.7. The van der Waals surface area contributed by atoms with Crippen LogP contribution < -0.4 is 10.6 Å². The SMILES string of the molecule is CNCCNC1CCCc2cc(S(=O)c3ccccc3)ccc21. The molecule has 0 radical (unpaired) electrons. The Morgan fingerprint density at radius 2 is 1.91 bits per heavy atom. The van der Waals surface area contributed by atoms with Crippen molar-refractivity contribution in [1.29, 1.82) is 0 Å². The van der Waals surface area contributed by atoms with E-state index in [0.717, 1.165) is 29.3 Å². The largest absolute Gasteiger partial charge is 0.318 e. The third kappa shape index (κ3) is 3.89. The molecule has 2 atom stereocenters. The van der Waals surface area contributed by atoms with Crippen LogP contribution in [-0.2, 0) is 17.2 Å². The van der Waals surface area contributed by atoms with E-state index in [1.54, 1.807) is 0 Å². The van der Waals surface area contributed by atoms with E-state index >= 15 is 0 Å². The number of fused-ring (bicyclic) bond motifs is 1. The molecule has 4 heteroatoms. The van der Waals surface area contributed by atoms with E-state index in [2.05, 4.69) is 22.8 Å². The highest BCUT2D eigenvalue weighted by atomic mass is 32.2. The summed E-state index contributed by atoms with van der Waals surface area (Å²) in [6.45, 7) is 1.94. The Bertz CT molecular complexity index is 672. The van der Waals surface area contributed by atoms with Crippen LogP contribution >= 0.6 is 0 Å². The van der Waals surface area contributed by atoms with Gasteiger partial charge >= 0.3 is 0 Å². The molecule has 0 aromatic heterocycles. The molecule has 122 valence electrons. The molecular formula is C19H24N2OS. The van der Waals surface area contributed by atoms with Crippen molar-refractivity contribution in [2.24, 2.45) is 0 Å². The second kappa shape index (κ2) is 7.86. The van der Waals surface area contributed by atoms with Gasteiger partial charge in [-0.1, -0.05) is 24.3 Å². The van der Waals surface area contributed by atoms with Crippen LogP contribution in [0.5, 0.6) is 0 Å². The van der Waals surface area contributed by atoms with Gasteiger partial charge in [0, 0.05) is 28.9 Å². The van der Waals surface area contributed by atoms with Crippen LogP contribution in [0.15, 0.2) is 58.3 Å². The third-order valence-electron chi connectivity index (χ3n) is 4.37. The van der Waals surface area contributed by atoms with Gasteiger partial charge in [0.15, 0.2) is 0 Å². The monoisotopic (exact) mass is 328 g/mol. The van der Waals surface area contributed by atoms with Gasteiger partial charge in [0.25, 0.3) is 0 Å². The minimum atomic E-state index is -1.09. The number of likely N-dealkylation sites (N-methyl/N-ethyl adjacent to an activating group) is 1. The number of aryl methyl sites for hydroxylation is 1. The minimum absolute atomic E-state index is 0.423. The van der Waals surface area contributed by atoms with Crippen molar-refractivity contribution in [2.75, 3.05) is 20.1 Å². The zero-order valence-electron chi connectivity index (χ0n) is 13.5. The fraction of sp³-hybridized carbons (Fsp3) is 0.368. The van der Waals surface area contributed by atoms with Gasteiger partial charge in [0.05, 0.1) is 10.8 Å². The zero-order valence-corrected chi connectivity index (χ0v) is 14.4. The van der Waals surface area contributed by atoms with Crippen molar-refractivity contribution in [3.8, 4) is 0 Å². The Kier molecular flexibility index (Phi) is 5.60. The second-order valence-electron chi connectivity index (χ2n) is 5.94. The number of rotatable bonds is 6. The smallest absolute Gasteiger partial charge is 0.0849 e. The molecule has 1 aliphatic carbocycles. The second-order valence-corrected chi connectivity index (χ2v) is 7.43. The predicted octanol–water partition coefficient (Wildman–Crippen LogP) is 3.04. The van der Waals surface area contributed by atoms with Gasteiger partial charge in [-0.25, -0.2) is 4.21 Å². The van der Waals surface area contributed by atoms with Crippen molar-refractivity contribution < 1.29 is 4.21 Å². The van der Waals surface area contributed by atoms with Gasteiger partial charge in [0.1, 0.15) is 0 Å². The first-order chi connectivity index (χ1) is 11.3. The van der Waals surface area contributed by atoms with Gasteiger partial charge in [-0.05, 0) is 61.7 Å². The van der Waals surface area contributed by atoms with E-state index in [4.69, 9.17) is 0 Å². The Balaban J connectivity index is 1.80. The van der Waals surface area contributed by atoms with Crippen LogP contribution in [0.25, 0.3) is 0 Å². The van der Waals surface area contributed by atoms with Crippen molar-refractivity contribution in [3.05, 3.63) is 59.7 Å². The van der Waals surface area contributed by atoms with Gasteiger partial charge in [0.2, 0.25) is 0 Å². The molecule has 0 fully saturated rings. The van der Waals surface area contributed by atoms with Crippen LogP contribution in [0.1, 0.15) is 30.0 Å². The third-order valence-corrected chi connectivity index (χ3v) is 5.75. The molecule has 0 heterocycles. The van der Waals surface area contributed by atoms with Crippen LogP contribution in [0, 0.1) is 0 Å². The lowest BCUT2D eigenvalue weighted by Gasteiger charge is -2.27. The number of hydrogen-bond donors (Lipinski definition) is 2. The molecule has 0 amide bonds. The van der Waals surface area contributed by atoms with Gasteiger partial charge < -0.3 is 10.6 Å². The van der Waals surface area contributed by atoms with Gasteiger partial charge in [-0.3, -0.25) is 0 Å².